The number of aliphatic carboxylic acids is 1. The van der Waals surface area contributed by atoms with Crippen LogP contribution in [0.4, 0.5) is 0 Å². The van der Waals surface area contributed by atoms with Crippen molar-refractivity contribution in [1.29, 1.82) is 0 Å². The van der Waals surface area contributed by atoms with Crippen LogP contribution in [0, 0.1) is 23.7 Å². The minimum Gasteiger partial charge on any atom is -0.481 e. The number of carboxylic acid groups (broad SMARTS) is 1. The number of allylic oxidation sites excluding steroid dienone is 2. The number of carbonyl (C=O) groups excluding carboxylic acids is 2. The van der Waals surface area contributed by atoms with Crippen molar-refractivity contribution < 1.29 is 24.2 Å². The molecule has 10 heteroatoms. The molecule has 50 heavy (non-hydrogen) atoms. The van der Waals surface area contributed by atoms with Crippen molar-refractivity contribution >= 4 is 34.7 Å². The summed E-state index contributed by atoms with van der Waals surface area (Å²) in [5.41, 5.74) is 4.07. The Balaban J connectivity index is 1.08. The van der Waals surface area contributed by atoms with Gasteiger partial charge in [0.05, 0.1) is 10.8 Å². The van der Waals surface area contributed by atoms with Crippen LogP contribution in [0.25, 0.3) is 17.0 Å². The minimum absolute atomic E-state index is 0.0892. The highest BCUT2D eigenvalue weighted by Crippen LogP contribution is 2.41. The number of nitrogens with zero attached hydrogens (tertiary/aromatic N) is 3. The Labute approximate surface area is 299 Å². The van der Waals surface area contributed by atoms with Crippen molar-refractivity contribution in [2.45, 2.75) is 83.6 Å². The zero-order chi connectivity index (χ0) is 35.4. The molecule has 2 fully saturated rings. The van der Waals surface area contributed by atoms with Gasteiger partial charge in [-0.1, -0.05) is 51.1 Å². The van der Waals surface area contributed by atoms with E-state index in [1.54, 1.807) is 6.07 Å². The molecular formula is C40H50N4O5S. The van der Waals surface area contributed by atoms with Crippen LogP contribution >= 0.6 is 11.3 Å². The molecule has 3 aromatic rings. The van der Waals surface area contributed by atoms with Gasteiger partial charge in [0.15, 0.2) is 5.82 Å². The van der Waals surface area contributed by atoms with E-state index in [2.05, 4.69) is 32.2 Å². The SMILES string of the molecule is COCC1CCC(C2CC=C(c3cnc(-c4ccc(CC(NC(=O)c5ccc(C(C)(C)C)s5)C(=O)N5CC(C(=O)O)C5)cc4)nc3)CC2)CC1. The van der Waals surface area contributed by atoms with E-state index in [4.69, 9.17) is 14.7 Å². The van der Waals surface area contributed by atoms with Gasteiger partial charge in [-0.05, 0) is 91.4 Å². The summed E-state index contributed by atoms with van der Waals surface area (Å²) in [5, 5.41) is 12.3. The largest absolute Gasteiger partial charge is 0.481 e. The lowest BCUT2D eigenvalue weighted by molar-refractivity contribution is -0.153. The Kier molecular flexibility index (Phi) is 11.2. The van der Waals surface area contributed by atoms with Gasteiger partial charge in [-0.25, -0.2) is 9.97 Å². The standard InChI is InChI=1S/C40H50N4O5S/c1-40(2,3)35-18-17-34(50-35)37(45)43-33(38(46)44-22-32(23-44)39(47)48)19-25-5-11-30(12-6-25)36-41-20-31(21-42-36)29-15-13-28(14-16-29)27-9-7-26(8-10-27)24-49-4/h5-6,11-12,15,17-18,20-21,26-28,32-33H,7-10,13-14,16,19,22-24H2,1-4H3,(H,43,45)(H,47,48). The number of thiophene rings is 1. The summed E-state index contributed by atoms with van der Waals surface area (Å²) in [6, 6.07) is 10.7. The number of aromatic nitrogens is 2. The molecule has 2 amide bonds. The Bertz CT molecular complexity index is 1680. The smallest absolute Gasteiger partial charge is 0.310 e. The lowest BCUT2D eigenvalue weighted by atomic mass is 9.71. The molecule has 2 aromatic heterocycles. The molecule has 9 nitrogen and oxygen atoms in total. The van der Waals surface area contributed by atoms with Crippen LogP contribution in [0.1, 0.15) is 91.4 Å². The molecule has 0 bridgehead atoms. The maximum absolute atomic E-state index is 13.5. The third-order valence-electron chi connectivity index (χ3n) is 10.8. The van der Waals surface area contributed by atoms with Crippen LogP contribution in [-0.2, 0) is 26.2 Å². The molecule has 3 heterocycles. The van der Waals surface area contributed by atoms with E-state index in [1.165, 1.54) is 53.9 Å². The van der Waals surface area contributed by atoms with Gasteiger partial charge in [0.2, 0.25) is 5.91 Å². The fourth-order valence-corrected chi connectivity index (χ4v) is 8.57. The van der Waals surface area contributed by atoms with E-state index >= 15 is 0 Å². The fourth-order valence-electron chi connectivity index (χ4n) is 7.60. The van der Waals surface area contributed by atoms with E-state index in [0.717, 1.165) is 58.8 Å². The van der Waals surface area contributed by atoms with Gasteiger partial charge in [-0.3, -0.25) is 14.4 Å². The van der Waals surface area contributed by atoms with Crippen molar-refractivity contribution in [3.63, 3.8) is 0 Å². The molecule has 0 radical (unpaired) electrons. The number of benzene rings is 1. The summed E-state index contributed by atoms with van der Waals surface area (Å²) in [6.45, 7) is 7.48. The van der Waals surface area contributed by atoms with Gasteiger partial charge in [0, 0.05) is 61.6 Å². The summed E-state index contributed by atoms with van der Waals surface area (Å²) in [5.74, 6) is 0.900. The summed E-state index contributed by atoms with van der Waals surface area (Å²) in [6.07, 6.45) is 15.2. The lowest BCUT2D eigenvalue weighted by Gasteiger charge is -2.38. The maximum atomic E-state index is 13.5. The van der Waals surface area contributed by atoms with Gasteiger partial charge in [-0.2, -0.15) is 0 Å². The highest BCUT2D eigenvalue weighted by Gasteiger charge is 2.39. The number of carboxylic acids is 1. The zero-order valence-electron chi connectivity index (χ0n) is 29.7. The zero-order valence-corrected chi connectivity index (χ0v) is 30.5. The molecule has 1 aromatic carbocycles. The number of likely N-dealkylation sites (tertiary alicyclic amines) is 1. The highest BCUT2D eigenvalue weighted by atomic mass is 32.1. The minimum atomic E-state index is -0.913. The second kappa shape index (κ2) is 15.6. The molecule has 6 rings (SSSR count). The molecule has 1 saturated carbocycles. The number of nitrogens with one attached hydrogen (secondary N) is 1. The highest BCUT2D eigenvalue weighted by molar-refractivity contribution is 7.14. The third kappa shape index (κ3) is 8.52. The van der Waals surface area contributed by atoms with Crippen molar-refractivity contribution in [1.82, 2.24) is 20.2 Å². The molecule has 1 saturated heterocycles. The third-order valence-corrected chi connectivity index (χ3v) is 12.3. The number of carbonyl (C=O) groups is 3. The Morgan fingerprint density at radius 2 is 1.66 bits per heavy atom. The molecule has 266 valence electrons. The molecule has 1 aliphatic heterocycles. The van der Waals surface area contributed by atoms with E-state index in [-0.39, 0.29) is 36.7 Å². The van der Waals surface area contributed by atoms with Crippen molar-refractivity contribution in [3.05, 3.63) is 75.7 Å². The number of hydrogen-bond acceptors (Lipinski definition) is 7. The van der Waals surface area contributed by atoms with E-state index in [0.29, 0.717) is 10.7 Å². The molecule has 2 aliphatic carbocycles. The molecule has 2 unspecified atom stereocenters. The Morgan fingerprint density at radius 1 is 0.960 bits per heavy atom. The average Bonchev–Trinajstić information content (AvgIpc) is 3.60. The molecule has 2 atom stereocenters. The van der Waals surface area contributed by atoms with E-state index < -0.39 is 17.9 Å². The van der Waals surface area contributed by atoms with Crippen LogP contribution in [-0.4, -0.2) is 70.6 Å². The molecular weight excluding hydrogens is 649 g/mol. The number of ether oxygens (including phenoxy) is 1. The average molecular weight is 699 g/mol. The van der Waals surface area contributed by atoms with Crippen LogP contribution in [0.15, 0.2) is 54.9 Å². The first-order valence-electron chi connectivity index (χ1n) is 18.0. The van der Waals surface area contributed by atoms with Crippen LogP contribution in [0.2, 0.25) is 0 Å². The van der Waals surface area contributed by atoms with E-state index in [1.807, 2.05) is 49.8 Å². The van der Waals surface area contributed by atoms with Gasteiger partial charge >= 0.3 is 5.97 Å². The molecule has 0 spiro atoms. The Morgan fingerprint density at radius 3 is 2.24 bits per heavy atom. The molecule has 3 aliphatic rings. The number of rotatable bonds is 11. The van der Waals surface area contributed by atoms with Crippen LogP contribution in [0.3, 0.4) is 0 Å². The van der Waals surface area contributed by atoms with Gasteiger partial charge in [-0.15, -0.1) is 11.3 Å². The predicted octanol–water partition coefficient (Wildman–Crippen LogP) is 7.02. The molecule has 2 N–H and O–H groups in total. The second-order valence-corrected chi connectivity index (χ2v) is 16.5. The first-order valence-corrected chi connectivity index (χ1v) is 18.8. The van der Waals surface area contributed by atoms with Crippen LogP contribution in [0.5, 0.6) is 0 Å². The lowest BCUT2D eigenvalue weighted by Crippen LogP contribution is -2.59. The second-order valence-electron chi connectivity index (χ2n) is 15.4. The predicted molar refractivity (Wildman–Crippen MR) is 196 cm³/mol. The number of hydrogen-bond donors (Lipinski definition) is 2. The van der Waals surface area contributed by atoms with Gasteiger partial charge < -0.3 is 20.1 Å². The summed E-state index contributed by atoms with van der Waals surface area (Å²) >= 11 is 1.42. The quantitative estimate of drug-likeness (QED) is 0.221. The van der Waals surface area contributed by atoms with Gasteiger partial charge in [0.1, 0.15) is 6.04 Å². The fraction of sp³-hybridized carbons (Fsp3) is 0.525. The van der Waals surface area contributed by atoms with Crippen molar-refractivity contribution in [2.75, 3.05) is 26.8 Å². The van der Waals surface area contributed by atoms with Gasteiger partial charge in [0.25, 0.3) is 5.91 Å². The number of amides is 2. The van der Waals surface area contributed by atoms with Crippen molar-refractivity contribution in [3.8, 4) is 11.4 Å². The van der Waals surface area contributed by atoms with E-state index in [9.17, 15) is 19.5 Å². The summed E-state index contributed by atoms with van der Waals surface area (Å²) < 4.78 is 5.38. The maximum Gasteiger partial charge on any atom is 0.310 e. The Hall–Kier alpha value is -3.89. The van der Waals surface area contributed by atoms with Crippen molar-refractivity contribution in [2.24, 2.45) is 23.7 Å². The van der Waals surface area contributed by atoms with Crippen LogP contribution < -0.4 is 5.32 Å². The monoisotopic (exact) mass is 698 g/mol. The summed E-state index contributed by atoms with van der Waals surface area (Å²) in [7, 11) is 1.81. The summed E-state index contributed by atoms with van der Waals surface area (Å²) in [4.78, 5) is 50.7. The first kappa shape index (κ1) is 35.9. The number of methoxy groups -OCH3 is 1. The normalized spacial score (nSPS) is 22.0. The topological polar surface area (TPSA) is 122 Å². The first-order chi connectivity index (χ1) is 24.0.